The average molecular weight is 264 g/mol. The molecule has 0 aliphatic heterocycles. The maximum Gasteiger partial charge on any atom is 0.190 e. The molecule has 0 saturated carbocycles. The van der Waals surface area contributed by atoms with E-state index in [0.29, 0.717) is 0 Å². The summed E-state index contributed by atoms with van der Waals surface area (Å²) in [5, 5.41) is 0.723. The number of H-pyrrole nitrogens is 1. The topological polar surface area (TPSA) is 36.1 Å². The normalized spacial score (nSPS) is 10.7. The number of anilines is 1. The van der Waals surface area contributed by atoms with Crippen molar-refractivity contribution in [3.05, 3.63) is 64.8 Å². The first-order valence-electron chi connectivity index (χ1n) is 6.55. The summed E-state index contributed by atoms with van der Waals surface area (Å²) >= 11 is 0. The minimum absolute atomic E-state index is 0.0473. The minimum atomic E-state index is 0.0473. The Hall–Kier alpha value is -2.55. The van der Waals surface area contributed by atoms with E-state index in [1.54, 1.807) is 6.07 Å². The van der Waals surface area contributed by atoms with Gasteiger partial charge < -0.3 is 9.88 Å². The van der Waals surface area contributed by atoms with Gasteiger partial charge in [-0.3, -0.25) is 4.79 Å². The van der Waals surface area contributed by atoms with Crippen LogP contribution in [0, 0.1) is 0 Å². The number of aromatic amines is 1. The molecule has 0 aliphatic rings. The molecule has 0 unspecified atom stereocenters. The van der Waals surface area contributed by atoms with Crippen LogP contribution < -0.4 is 10.3 Å². The van der Waals surface area contributed by atoms with Crippen molar-refractivity contribution < 1.29 is 0 Å². The number of pyridine rings is 1. The number of para-hydroxylation sites is 1. The highest BCUT2D eigenvalue weighted by atomic mass is 16.1. The summed E-state index contributed by atoms with van der Waals surface area (Å²) < 4.78 is 0. The summed E-state index contributed by atoms with van der Waals surface area (Å²) in [5.41, 5.74) is 3.91. The molecule has 0 fully saturated rings. The molecule has 3 heteroatoms. The zero-order valence-electron chi connectivity index (χ0n) is 11.6. The fourth-order valence-electron chi connectivity index (χ4n) is 2.29. The molecule has 1 aromatic heterocycles. The van der Waals surface area contributed by atoms with Crippen LogP contribution in [-0.2, 0) is 0 Å². The maximum atomic E-state index is 12.1. The maximum absolute atomic E-state index is 12.1. The Kier molecular flexibility index (Phi) is 3.03. The Morgan fingerprint density at radius 2 is 1.65 bits per heavy atom. The van der Waals surface area contributed by atoms with Crippen LogP contribution >= 0.6 is 0 Å². The fraction of sp³-hybridized carbons (Fsp3) is 0.118. The largest absolute Gasteiger partial charge is 0.378 e. The highest BCUT2D eigenvalue weighted by molar-refractivity contribution is 5.81. The lowest BCUT2D eigenvalue weighted by Crippen LogP contribution is -2.08. The summed E-state index contributed by atoms with van der Waals surface area (Å²) in [7, 11) is 4.01. The van der Waals surface area contributed by atoms with Crippen LogP contribution in [0.3, 0.4) is 0 Å². The van der Waals surface area contributed by atoms with Crippen LogP contribution in [-0.4, -0.2) is 19.1 Å². The Labute approximate surface area is 117 Å². The molecule has 1 N–H and O–H groups in total. The van der Waals surface area contributed by atoms with E-state index in [4.69, 9.17) is 0 Å². The highest BCUT2D eigenvalue weighted by Gasteiger charge is 2.04. The number of aromatic nitrogens is 1. The van der Waals surface area contributed by atoms with E-state index in [1.807, 2.05) is 67.5 Å². The number of hydrogen-bond acceptors (Lipinski definition) is 2. The number of rotatable bonds is 2. The van der Waals surface area contributed by atoms with Crippen LogP contribution in [0.4, 0.5) is 5.69 Å². The molecule has 0 amide bonds. The third-order valence-corrected chi connectivity index (χ3v) is 3.43. The molecular formula is C17H16N2O. The minimum Gasteiger partial charge on any atom is -0.378 e. The van der Waals surface area contributed by atoms with Crippen LogP contribution in [0.2, 0.25) is 0 Å². The number of hydrogen-bond donors (Lipinski definition) is 1. The lowest BCUT2D eigenvalue weighted by atomic mass is 10.1. The Morgan fingerprint density at radius 3 is 2.35 bits per heavy atom. The predicted molar refractivity (Wildman–Crippen MR) is 84.3 cm³/mol. The lowest BCUT2D eigenvalue weighted by Gasteiger charge is -2.12. The van der Waals surface area contributed by atoms with Gasteiger partial charge in [0.15, 0.2) is 5.43 Å². The second-order valence-electron chi connectivity index (χ2n) is 5.03. The molecule has 1 heterocycles. The second-order valence-corrected chi connectivity index (χ2v) is 5.03. The van der Waals surface area contributed by atoms with E-state index < -0.39 is 0 Å². The number of fused-ring (bicyclic) bond motifs is 1. The lowest BCUT2D eigenvalue weighted by molar-refractivity contribution is 1.13. The van der Waals surface area contributed by atoms with E-state index in [0.717, 1.165) is 27.8 Å². The Bertz CT molecular complexity index is 801. The van der Waals surface area contributed by atoms with Gasteiger partial charge in [0.25, 0.3) is 0 Å². The molecule has 3 aromatic rings. The molecule has 2 aromatic carbocycles. The third-order valence-electron chi connectivity index (χ3n) is 3.43. The summed E-state index contributed by atoms with van der Waals surface area (Å²) in [6.45, 7) is 0. The van der Waals surface area contributed by atoms with E-state index in [1.165, 1.54) is 0 Å². The smallest absolute Gasteiger partial charge is 0.190 e. The molecule has 0 atom stereocenters. The number of nitrogens with one attached hydrogen (secondary N) is 1. The van der Waals surface area contributed by atoms with Gasteiger partial charge in [0.05, 0.1) is 0 Å². The summed E-state index contributed by atoms with van der Waals surface area (Å²) in [5.74, 6) is 0. The first kappa shape index (κ1) is 12.5. The van der Waals surface area contributed by atoms with Gasteiger partial charge in [-0.05, 0) is 29.8 Å². The fourth-order valence-corrected chi connectivity index (χ4v) is 2.29. The SMILES string of the molecule is CN(C)c1ccc(-c2cc(=O)c3ccccc3[nH]2)cc1. The van der Waals surface area contributed by atoms with Gasteiger partial charge in [0.2, 0.25) is 0 Å². The zero-order chi connectivity index (χ0) is 14.1. The van der Waals surface area contributed by atoms with Gasteiger partial charge in [-0.25, -0.2) is 0 Å². The Balaban J connectivity index is 2.12. The summed E-state index contributed by atoms with van der Waals surface area (Å²) in [6, 6.07) is 17.4. The quantitative estimate of drug-likeness (QED) is 0.771. The molecule has 100 valence electrons. The molecule has 3 rings (SSSR count). The van der Waals surface area contributed by atoms with Crippen LogP contribution in [0.25, 0.3) is 22.2 Å². The number of nitrogens with zero attached hydrogens (tertiary/aromatic N) is 1. The molecule has 0 bridgehead atoms. The monoisotopic (exact) mass is 264 g/mol. The van der Waals surface area contributed by atoms with Crippen LogP contribution in [0.15, 0.2) is 59.4 Å². The van der Waals surface area contributed by atoms with Crippen molar-refractivity contribution in [3.8, 4) is 11.3 Å². The number of benzene rings is 2. The van der Waals surface area contributed by atoms with Crippen molar-refractivity contribution >= 4 is 16.6 Å². The van der Waals surface area contributed by atoms with Crippen molar-refractivity contribution in [3.63, 3.8) is 0 Å². The van der Waals surface area contributed by atoms with E-state index in [-0.39, 0.29) is 5.43 Å². The predicted octanol–water partition coefficient (Wildman–Crippen LogP) is 3.26. The molecule has 0 spiro atoms. The van der Waals surface area contributed by atoms with Gasteiger partial charge in [-0.1, -0.05) is 24.3 Å². The van der Waals surface area contributed by atoms with Crippen molar-refractivity contribution in [2.75, 3.05) is 19.0 Å². The van der Waals surface area contributed by atoms with Crippen LogP contribution in [0.1, 0.15) is 0 Å². The molecule has 3 nitrogen and oxygen atoms in total. The molecule has 20 heavy (non-hydrogen) atoms. The van der Waals surface area contributed by atoms with E-state index >= 15 is 0 Å². The molecule has 0 radical (unpaired) electrons. The Morgan fingerprint density at radius 1 is 0.950 bits per heavy atom. The van der Waals surface area contributed by atoms with Gasteiger partial charge >= 0.3 is 0 Å². The van der Waals surface area contributed by atoms with Gasteiger partial charge in [-0.2, -0.15) is 0 Å². The zero-order valence-corrected chi connectivity index (χ0v) is 11.6. The first-order chi connectivity index (χ1) is 9.65. The van der Waals surface area contributed by atoms with E-state index in [2.05, 4.69) is 4.98 Å². The van der Waals surface area contributed by atoms with Crippen LogP contribution in [0.5, 0.6) is 0 Å². The average Bonchev–Trinajstić information content (AvgIpc) is 2.47. The highest BCUT2D eigenvalue weighted by Crippen LogP contribution is 2.21. The summed E-state index contributed by atoms with van der Waals surface area (Å²) in [6.07, 6.45) is 0. The van der Waals surface area contributed by atoms with Gasteiger partial charge in [0.1, 0.15) is 0 Å². The first-order valence-corrected chi connectivity index (χ1v) is 6.55. The van der Waals surface area contributed by atoms with Crippen molar-refractivity contribution in [2.45, 2.75) is 0 Å². The third kappa shape index (κ3) is 2.18. The van der Waals surface area contributed by atoms with E-state index in [9.17, 15) is 4.79 Å². The molecular weight excluding hydrogens is 248 g/mol. The summed E-state index contributed by atoms with van der Waals surface area (Å²) in [4.78, 5) is 17.5. The molecule has 0 saturated heterocycles. The van der Waals surface area contributed by atoms with Gasteiger partial charge in [0, 0.05) is 42.4 Å². The van der Waals surface area contributed by atoms with Gasteiger partial charge in [-0.15, -0.1) is 0 Å². The second kappa shape index (κ2) is 4.85. The van der Waals surface area contributed by atoms with Crippen molar-refractivity contribution in [2.24, 2.45) is 0 Å². The van der Waals surface area contributed by atoms with Crippen molar-refractivity contribution in [1.82, 2.24) is 4.98 Å². The molecule has 0 aliphatic carbocycles. The van der Waals surface area contributed by atoms with Crippen molar-refractivity contribution in [1.29, 1.82) is 0 Å². The standard InChI is InChI=1S/C17H16N2O/c1-19(2)13-9-7-12(8-10-13)16-11-17(20)14-5-3-4-6-15(14)18-16/h3-11H,1-2H3,(H,18,20).